The van der Waals surface area contributed by atoms with Crippen LogP contribution in [-0.4, -0.2) is 80.0 Å². The molecule has 2 aromatic rings. The molecule has 0 bridgehead atoms. The van der Waals surface area contributed by atoms with E-state index in [-0.39, 0.29) is 47.5 Å². The number of pyridine rings is 1. The van der Waals surface area contributed by atoms with Crippen LogP contribution < -0.4 is 15.8 Å². The molecule has 0 radical (unpaired) electrons. The Hall–Kier alpha value is -3.30. The number of carbonyl (C=O) groups is 1. The van der Waals surface area contributed by atoms with Gasteiger partial charge in [0.05, 0.1) is 19.1 Å². The molecule has 3 N–H and O–H groups in total. The van der Waals surface area contributed by atoms with Gasteiger partial charge in [-0.05, 0) is 62.4 Å². The van der Waals surface area contributed by atoms with Crippen molar-refractivity contribution in [3.05, 3.63) is 53.6 Å². The van der Waals surface area contributed by atoms with Crippen molar-refractivity contribution in [2.75, 3.05) is 38.3 Å². The number of nitrogens with two attached hydrogens (primary N) is 1. The van der Waals surface area contributed by atoms with Crippen LogP contribution >= 0.6 is 0 Å². The molecule has 40 heavy (non-hydrogen) atoms. The van der Waals surface area contributed by atoms with Crippen molar-refractivity contribution in [1.82, 2.24) is 13.6 Å². The number of rotatable bonds is 7. The summed E-state index contributed by atoms with van der Waals surface area (Å²) < 4.78 is 75.1. The van der Waals surface area contributed by atoms with Gasteiger partial charge < -0.3 is 15.8 Å². The Balaban J connectivity index is 1.56. The van der Waals surface area contributed by atoms with E-state index in [1.165, 1.54) is 49.8 Å². The Kier molecular flexibility index (Phi) is 6.82. The number of ether oxygens (including phenoxy) is 1. The van der Waals surface area contributed by atoms with Gasteiger partial charge in [0.25, 0.3) is 5.91 Å². The maximum atomic E-state index is 15.6. The van der Waals surface area contributed by atoms with Gasteiger partial charge in [0, 0.05) is 31.4 Å². The molecule has 216 valence electrons. The molecule has 1 amide bonds. The number of aliphatic imine (C=N–C) groups is 1. The fourth-order valence-corrected chi connectivity index (χ4v) is 9.58. The van der Waals surface area contributed by atoms with Gasteiger partial charge in [0.2, 0.25) is 26.0 Å². The van der Waals surface area contributed by atoms with Crippen LogP contribution in [0.3, 0.4) is 0 Å². The van der Waals surface area contributed by atoms with Gasteiger partial charge in [0.15, 0.2) is 0 Å². The lowest BCUT2D eigenvalue weighted by Crippen LogP contribution is -2.66. The lowest BCUT2D eigenvalue weighted by Gasteiger charge is -2.48. The minimum absolute atomic E-state index is 0.0592. The lowest BCUT2D eigenvalue weighted by atomic mass is 9.78. The maximum Gasteiger partial charge on any atom is 0.274 e. The number of nitrogens with zero attached hydrogens (tertiary/aromatic N) is 4. The first-order valence-electron chi connectivity index (χ1n) is 12.7. The molecule has 3 heterocycles. The predicted molar refractivity (Wildman–Crippen MR) is 146 cm³/mol. The highest BCUT2D eigenvalue weighted by Crippen LogP contribution is 2.52. The minimum Gasteiger partial charge on any atom is -0.495 e. The average Bonchev–Trinajstić information content (AvgIpc) is 3.58. The molecule has 1 aromatic carbocycles. The Morgan fingerprint density at radius 3 is 2.62 bits per heavy atom. The number of anilines is 1. The van der Waals surface area contributed by atoms with Gasteiger partial charge in [-0.2, -0.15) is 0 Å². The summed E-state index contributed by atoms with van der Waals surface area (Å²) in [4.78, 5) is 21.4. The zero-order chi connectivity index (χ0) is 29.1. The van der Waals surface area contributed by atoms with Gasteiger partial charge in [-0.15, -0.1) is 0 Å². The Bertz CT molecular complexity index is 1600. The van der Waals surface area contributed by atoms with Gasteiger partial charge in [-0.3, -0.25) is 4.79 Å². The molecular weight excluding hydrogens is 563 g/mol. The smallest absolute Gasteiger partial charge is 0.274 e. The van der Waals surface area contributed by atoms with Crippen molar-refractivity contribution in [3.63, 3.8) is 0 Å². The van der Waals surface area contributed by atoms with Crippen LogP contribution in [0.1, 0.15) is 42.2 Å². The standard InChI is InChI=1S/C25H31FN6O6S2/c1-24(19-12-17(6-8-20(19)26)29-22(33)21-9-7-18(38-3)13-28-21)25(40(36,37)31(2)23(27)30-24)10-11-32(15-25)39(34,35)14-16-4-5-16/h6-9,12-13,16H,4-5,10-11,14-15H2,1-3H3,(H2,27,30)(H,29,33)/t24-,25+/m1/s1. The fraction of sp³-hybridized carbons (Fsp3) is 0.480. The number of aromatic nitrogens is 1. The zero-order valence-corrected chi connectivity index (χ0v) is 23.9. The number of sulfonamides is 2. The van der Waals surface area contributed by atoms with E-state index in [2.05, 4.69) is 15.3 Å². The molecule has 1 aliphatic carbocycles. The van der Waals surface area contributed by atoms with Crippen molar-refractivity contribution in [3.8, 4) is 5.75 Å². The molecule has 0 unspecified atom stereocenters. The first-order chi connectivity index (χ1) is 18.7. The summed E-state index contributed by atoms with van der Waals surface area (Å²) in [5, 5.41) is 2.65. The van der Waals surface area contributed by atoms with E-state index in [1.807, 2.05) is 0 Å². The van der Waals surface area contributed by atoms with Crippen LogP contribution in [0.15, 0.2) is 41.5 Å². The SMILES string of the molecule is COc1ccc(C(=O)Nc2ccc(F)c([C@@]3(C)N=C(N)N(C)S(=O)(=O)[C@]34CCN(S(=O)(=O)CC3CC3)C4)c2)nc1. The summed E-state index contributed by atoms with van der Waals surface area (Å²) in [6, 6.07) is 6.75. The molecule has 15 heteroatoms. The highest BCUT2D eigenvalue weighted by Gasteiger charge is 2.67. The third kappa shape index (κ3) is 4.49. The Labute approximate surface area is 232 Å². The Morgan fingerprint density at radius 2 is 2.00 bits per heavy atom. The third-order valence-corrected chi connectivity index (χ3v) is 12.7. The summed E-state index contributed by atoms with van der Waals surface area (Å²) in [6.07, 6.45) is 2.88. The second kappa shape index (κ2) is 9.66. The molecule has 3 aliphatic rings. The van der Waals surface area contributed by atoms with Crippen LogP contribution in [0.4, 0.5) is 10.1 Å². The largest absolute Gasteiger partial charge is 0.495 e. The summed E-state index contributed by atoms with van der Waals surface area (Å²) >= 11 is 0. The number of halogens is 1. The van der Waals surface area contributed by atoms with E-state index in [0.29, 0.717) is 5.75 Å². The third-order valence-electron chi connectivity index (χ3n) is 8.09. The monoisotopic (exact) mass is 594 g/mol. The number of benzene rings is 1. The molecule has 2 fully saturated rings. The summed E-state index contributed by atoms with van der Waals surface area (Å²) in [7, 11) is -5.36. The van der Waals surface area contributed by atoms with Crippen LogP contribution in [0, 0.1) is 11.7 Å². The normalized spacial score (nSPS) is 26.5. The molecule has 12 nitrogen and oxygen atoms in total. The molecule has 1 aromatic heterocycles. The molecule has 1 saturated heterocycles. The summed E-state index contributed by atoms with van der Waals surface area (Å²) in [5.41, 5.74) is 4.31. The first-order valence-corrected chi connectivity index (χ1v) is 15.7. The minimum atomic E-state index is -4.32. The number of methoxy groups -OCH3 is 1. The fourth-order valence-electron chi connectivity index (χ4n) is 5.43. The van der Waals surface area contributed by atoms with Gasteiger partial charge >= 0.3 is 0 Å². The molecule has 2 aliphatic heterocycles. The van der Waals surface area contributed by atoms with E-state index in [9.17, 15) is 21.6 Å². The number of hydrogen-bond acceptors (Lipinski definition) is 9. The van der Waals surface area contributed by atoms with Crippen LogP contribution in [0.2, 0.25) is 0 Å². The van der Waals surface area contributed by atoms with E-state index >= 15 is 4.39 Å². The van der Waals surface area contributed by atoms with Crippen molar-refractivity contribution in [1.29, 1.82) is 0 Å². The van der Waals surface area contributed by atoms with E-state index in [0.717, 1.165) is 23.2 Å². The molecule has 1 saturated carbocycles. The highest BCUT2D eigenvalue weighted by atomic mass is 32.2. The number of nitrogens with one attached hydrogen (secondary N) is 1. The van der Waals surface area contributed by atoms with E-state index < -0.39 is 48.6 Å². The number of guanidine groups is 1. The predicted octanol–water partition coefficient (Wildman–Crippen LogP) is 1.47. The zero-order valence-electron chi connectivity index (χ0n) is 22.3. The summed E-state index contributed by atoms with van der Waals surface area (Å²) in [5.74, 6) is -1.26. The van der Waals surface area contributed by atoms with Crippen LogP contribution in [-0.2, 0) is 25.6 Å². The topological polar surface area (TPSA) is 164 Å². The highest BCUT2D eigenvalue weighted by molar-refractivity contribution is 7.91. The molecule has 2 atom stereocenters. The van der Waals surface area contributed by atoms with Gasteiger partial charge in [-0.1, -0.05) is 0 Å². The van der Waals surface area contributed by atoms with Crippen LogP contribution in [0.5, 0.6) is 5.75 Å². The quantitative estimate of drug-likeness (QED) is 0.487. The van der Waals surface area contributed by atoms with Crippen molar-refractivity contribution < 1.29 is 30.8 Å². The van der Waals surface area contributed by atoms with Gasteiger partial charge in [0.1, 0.15) is 27.5 Å². The van der Waals surface area contributed by atoms with Gasteiger partial charge in [-0.25, -0.2) is 39.8 Å². The van der Waals surface area contributed by atoms with Crippen molar-refractivity contribution in [2.24, 2.45) is 16.6 Å². The molecule has 5 rings (SSSR count). The van der Waals surface area contributed by atoms with E-state index in [1.54, 1.807) is 6.07 Å². The van der Waals surface area contributed by atoms with Crippen molar-refractivity contribution >= 4 is 37.6 Å². The molecular formula is C25H31FN6O6S2. The summed E-state index contributed by atoms with van der Waals surface area (Å²) in [6.45, 7) is 0.971. The number of hydrogen-bond donors (Lipinski definition) is 2. The number of amides is 1. The Morgan fingerprint density at radius 1 is 1.27 bits per heavy atom. The van der Waals surface area contributed by atoms with E-state index in [4.69, 9.17) is 10.5 Å². The second-order valence-electron chi connectivity index (χ2n) is 10.5. The van der Waals surface area contributed by atoms with Crippen molar-refractivity contribution in [2.45, 2.75) is 36.5 Å². The lowest BCUT2D eigenvalue weighted by molar-refractivity contribution is 0.102. The molecule has 1 spiro atoms. The first kappa shape index (κ1) is 28.2. The van der Waals surface area contributed by atoms with Crippen LogP contribution in [0.25, 0.3) is 0 Å². The second-order valence-corrected chi connectivity index (χ2v) is 14.8. The number of carbonyl (C=O) groups excluding carboxylic acids is 1. The average molecular weight is 595 g/mol. The maximum absolute atomic E-state index is 15.6.